The van der Waals surface area contributed by atoms with E-state index in [0.717, 1.165) is 37.9 Å². The molecular weight excluding hydrogens is 251 g/mol. The highest BCUT2D eigenvalue weighted by Gasteiger charge is 2.30. The van der Waals surface area contributed by atoms with Crippen LogP contribution in [0, 0.1) is 11.7 Å². The zero-order valence-electron chi connectivity index (χ0n) is 10.7. The van der Waals surface area contributed by atoms with Crippen molar-refractivity contribution < 1.29 is 9.13 Å². The number of rotatable bonds is 6. The average Bonchev–Trinajstić information content (AvgIpc) is 2.26. The molecule has 0 N–H and O–H groups in total. The monoisotopic (exact) mass is 270 g/mol. The van der Waals surface area contributed by atoms with Crippen molar-refractivity contribution in [3.63, 3.8) is 0 Å². The highest BCUT2D eigenvalue weighted by Crippen LogP contribution is 2.35. The lowest BCUT2D eigenvalue weighted by Crippen LogP contribution is -2.33. The molecule has 1 fully saturated rings. The van der Waals surface area contributed by atoms with E-state index in [2.05, 4.69) is 0 Å². The van der Waals surface area contributed by atoms with Crippen LogP contribution < -0.4 is 0 Å². The maximum atomic E-state index is 13.0. The second kappa shape index (κ2) is 6.53. The molecule has 1 nitrogen and oxygen atoms in total. The Morgan fingerprint density at radius 2 is 2.22 bits per heavy atom. The molecule has 0 aromatic heterocycles. The van der Waals surface area contributed by atoms with Gasteiger partial charge in [-0.25, -0.2) is 4.39 Å². The van der Waals surface area contributed by atoms with Crippen LogP contribution in [0.2, 0.25) is 0 Å². The van der Waals surface area contributed by atoms with Gasteiger partial charge in [0.25, 0.3) is 0 Å². The minimum atomic E-state index is -0.184. The van der Waals surface area contributed by atoms with Gasteiger partial charge in [0.15, 0.2) is 0 Å². The van der Waals surface area contributed by atoms with E-state index in [1.807, 2.05) is 13.0 Å². The lowest BCUT2D eigenvalue weighted by Gasteiger charge is -2.36. The van der Waals surface area contributed by atoms with E-state index in [1.165, 1.54) is 6.07 Å². The Labute approximate surface area is 113 Å². The van der Waals surface area contributed by atoms with E-state index >= 15 is 0 Å². The molecule has 1 aliphatic rings. The van der Waals surface area contributed by atoms with Crippen molar-refractivity contribution in [2.24, 2.45) is 5.92 Å². The molecule has 1 saturated carbocycles. The van der Waals surface area contributed by atoms with E-state index < -0.39 is 0 Å². The zero-order valence-corrected chi connectivity index (χ0v) is 11.5. The van der Waals surface area contributed by atoms with Crippen LogP contribution in [0.25, 0.3) is 0 Å². The van der Waals surface area contributed by atoms with E-state index in [0.29, 0.717) is 12.0 Å². The molecule has 2 rings (SSSR count). The molecule has 1 aromatic rings. The Morgan fingerprint density at radius 3 is 2.89 bits per heavy atom. The Balaban J connectivity index is 1.71. The van der Waals surface area contributed by atoms with E-state index in [4.69, 9.17) is 16.3 Å². The van der Waals surface area contributed by atoms with Crippen molar-refractivity contribution in [2.75, 3.05) is 6.61 Å². The predicted molar refractivity (Wildman–Crippen MR) is 72.5 cm³/mol. The molecule has 0 radical (unpaired) electrons. The van der Waals surface area contributed by atoms with Crippen molar-refractivity contribution >= 4 is 11.6 Å². The smallest absolute Gasteiger partial charge is 0.123 e. The largest absolute Gasteiger partial charge is 0.378 e. The van der Waals surface area contributed by atoms with Gasteiger partial charge in [-0.2, -0.15) is 0 Å². The number of benzene rings is 1. The lowest BCUT2D eigenvalue weighted by molar-refractivity contribution is -0.0266. The Bertz CT molecular complexity index is 377. The Kier molecular flexibility index (Phi) is 5.02. The number of alkyl halides is 1. The number of ether oxygens (including phenoxy) is 1. The number of halogens is 2. The first-order valence-electron chi connectivity index (χ1n) is 6.67. The van der Waals surface area contributed by atoms with E-state index in [-0.39, 0.29) is 11.2 Å². The molecule has 0 bridgehead atoms. The van der Waals surface area contributed by atoms with Crippen molar-refractivity contribution in [1.82, 2.24) is 0 Å². The zero-order chi connectivity index (χ0) is 13.0. The molecule has 100 valence electrons. The molecular formula is C15H20ClFO. The molecule has 18 heavy (non-hydrogen) atoms. The van der Waals surface area contributed by atoms with Gasteiger partial charge in [-0.3, -0.25) is 0 Å². The van der Waals surface area contributed by atoms with Gasteiger partial charge in [0, 0.05) is 12.0 Å². The van der Waals surface area contributed by atoms with Crippen LogP contribution in [-0.4, -0.2) is 18.1 Å². The highest BCUT2D eigenvalue weighted by atomic mass is 35.5. The first-order chi connectivity index (χ1) is 8.67. The molecule has 0 heterocycles. The van der Waals surface area contributed by atoms with Crippen molar-refractivity contribution in [1.29, 1.82) is 0 Å². The fourth-order valence-corrected chi connectivity index (χ4v) is 3.03. The summed E-state index contributed by atoms with van der Waals surface area (Å²) in [7, 11) is 0. The third-order valence-corrected chi connectivity index (χ3v) is 3.86. The maximum Gasteiger partial charge on any atom is 0.123 e. The van der Waals surface area contributed by atoms with Gasteiger partial charge in [0.1, 0.15) is 5.82 Å². The summed E-state index contributed by atoms with van der Waals surface area (Å²) in [6.45, 7) is 2.83. The summed E-state index contributed by atoms with van der Waals surface area (Å²) in [5, 5.41) is 0.0966. The molecule has 0 spiro atoms. The van der Waals surface area contributed by atoms with Gasteiger partial charge in [-0.1, -0.05) is 12.1 Å². The van der Waals surface area contributed by atoms with Crippen LogP contribution in [0.1, 0.15) is 31.7 Å². The van der Waals surface area contributed by atoms with E-state index in [1.54, 1.807) is 12.1 Å². The first kappa shape index (κ1) is 13.8. The topological polar surface area (TPSA) is 9.23 Å². The summed E-state index contributed by atoms with van der Waals surface area (Å²) >= 11 is 6.34. The maximum absolute atomic E-state index is 13.0. The summed E-state index contributed by atoms with van der Waals surface area (Å²) < 4.78 is 18.6. The number of hydrogen-bond acceptors (Lipinski definition) is 1. The van der Waals surface area contributed by atoms with Crippen molar-refractivity contribution in [3.05, 3.63) is 35.6 Å². The van der Waals surface area contributed by atoms with Gasteiger partial charge in [0.2, 0.25) is 0 Å². The van der Waals surface area contributed by atoms with Crippen LogP contribution in [0.3, 0.4) is 0 Å². The molecule has 1 atom stereocenters. The fraction of sp³-hybridized carbons (Fsp3) is 0.600. The fourth-order valence-electron chi connectivity index (χ4n) is 2.60. The van der Waals surface area contributed by atoms with Crippen LogP contribution in [0.4, 0.5) is 4.39 Å². The minimum Gasteiger partial charge on any atom is -0.378 e. The third kappa shape index (κ3) is 3.96. The summed E-state index contributed by atoms with van der Waals surface area (Å²) in [6, 6.07) is 6.70. The van der Waals surface area contributed by atoms with Gasteiger partial charge in [-0.15, -0.1) is 11.6 Å². The quantitative estimate of drug-likeness (QED) is 0.705. The third-order valence-electron chi connectivity index (χ3n) is 3.53. The summed E-state index contributed by atoms with van der Waals surface area (Å²) in [4.78, 5) is 0. The minimum absolute atomic E-state index is 0.0966. The van der Waals surface area contributed by atoms with Gasteiger partial charge in [-0.05, 0) is 56.2 Å². The summed E-state index contributed by atoms with van der Waals surface area (Å²) in [5.41, 5.74) is 0.982. The van der Waals surface area contributed by atoms with Gasteiger partial charge < -0.3 is 4.74 Å². The standard InChI is InChI=1S/C15H20ClFO/c1-2-18-15-9-12(10-15)7-13(16)6-11-4-3-5-14(17)8-11/h3-5,8,12-13,15H,2,6-7,9-10H2,1H3. The molecule has 1 unspecified atom stereocenters. The van der Waals surface area contributed by atoms with Crippen molar-refractivity contribution in [3.8, 4) is 0 Å². The van der Waals surface area contributed by atoms with E-state index in [9.17, 15) is 4.39 Å². The van der Waals surface area contributed by atoms with Gasteiger partial charge >= 0.3 is 0 Å². The summed E-state index contributed by atoms with van der Waals surface area (Å²) in [6.07, 6.45) is 4.44. The van der Waals surface area contributed by atoms with Crippen LogP contribution in [0.5, 0.6) is 0 Å². The van der Waals surface area contributed by atoms with Gasteiger partial charge in [0.05, 0.1) is 6.10 Å². The Hall–Kier alpha value is -0.600. The molecule has 1 aromatic carbocycles. The SMILES string of the molecule is CCOC1CC(CC(Cl)Cc2cccc(F)c2)C1. The Morgan fingerprint density at radius 1 is 1.44 bits per heavy atom. The predicted octanol–water partition coefficient (Wildman–Crippen LogP) is 4.18. The second-order valence-electron chi connectivity index (χ2n) is 5.08. The molecule has 1 aliphatic carbocycles. The van der Waals surface area contributed by atoms with Crippen LogP contribution in [0.15, 0.2) is 24.3 Å². The molecule has 0 amide bonds. The van der Waals surface area contributed by atoms with Crippen LogP contribution in [-0.2, 0) is 11.2 Å². The normalized spacial score (nSPS) is 24.6. The number of hydrogen-bond donors (Lipinski definition) is 0. The first-order valence-corrected chi connectivity index (χ1v) is 7.11. The molecule has 0 saturated heterocycles. The molecule has 3 heteroatoms. The van der Waals surface area contributed by atoms with Crippen molar-refractivity contribution in [2.45, 2.75) is 44.1 Å². The average molecular weight is 271 g/mol. The summed E-state index contributed by atoms with van der Waals surface area (Å²) in [5.74, 6) is 0.494. The molecule has 0 aliphatic heterocycles. The lowest BCUT2D eigenvalue weighted by atomic mass is 9.78. The second-order valence-corrected chi connectivity index (χ2v) is 5.70. The van der Waals surface area contributed by atoms with Crippen LogP contribution >= 0.6 is 11.6 Å². The highest BCUT2D eigenvalue weighted by molar-refractivity contribution is 6.20.